The summed E-state index contributed by atoms with van der Waals surface area (Å²) in [6.45, 7) is 0. The number of rotatable bonds is 0. The summed E-state index contributed by atoms with van der Waals surface area (Å²) >= 11 is 0. The predicted octanol–water partition coefficient (Wildman–Crippen LogP) is 3.21. The van der Waals surface area contributed by atoms with Crippen LogP contribution in [0.3, 0.4) is 0 Å². The minimum Gasteiger partial charge on any atom is -0.294 e. The van der Waals surface area contributed by atoms with Crippen molar-refractivity contribution in [2.24, 2.45) is 0 Å². The van der Waals surface area contributed by atoms with Gasteiger partial charge in [-0.25, -0.2) is 0 Å². The van der Waals surface area contributed by atoms with Gasteiger partial charge in [-0.3, -0.25) is 4.79 Å². The Hall–Kier alpha value is -1.37. The summed E-state index contributed by atoms with van der Waals surface area (Å²) in [4.78, 5) is 11.8. The van der Waals surface area contributed by atoms with Crippen LogP contribution in [0.1, 0.15) is 41.6 Å². The molecule has 2 aliphatic carbocycles. The van der Waals surface area contributed by atoms with Crippen LogP contribution in [0, 0.1) is 0 Å². The lowest BCUT2D eigenvalue weighted by Gasteiger charge is -2.17. The van der Waals surface area contributed by atoms with Gasteiger partial charge in [-0.15, -0.1) is 0 Å². The second kappa shape index (κ2) is 2.81. The van der Waals surface area contributed by atoms with Crippen LogP contribution >= 0.6 is 0 Å². The topological polar surface area (TPSA) is 17.1 Å². The lowest BCUT2D eigenvalue weighted by Crippen LogP contribution is -2.09. The van der Waals surface area contributed by atoms with E-state index in [1.165, 1.54) is 29.6 Å². The van der Waals surface area contributed by atoms with Gasteiger partial charge in [0.2, 0.25) is 0 Å². The SMILES string of the molecule is O=C1CC2=C(CCC2)c2ccccc21. The number of benzene rings is 1. The molecule has 0 radical (unpaired) electrons. The number of carbonyl (C=O) groups is 1. The van der Waals surface area contributed by atoms with Crippen LogP contribution in [-0.2, 0) is 0 Å². The lowest BCUT2D eigenvalue weighted by atomic mass is 9.86. The molecule has 0 aromatic heterocycles. The van der Waals surface area contributed by atoms with E-state index in [4.69, 9.17) is 0 Å². The number of hydrogen-bond acceptors (Lipinski definition) is 1. The third-order valence-electron chi connectivity index (χ3n) is 3.26. The van der Waals surface area contributed by atoms with Crippen molar-refractivity contribution in [1.82, 2.24) is 0 Å². The van der Waals surface area contributed by atoms with Crippen molar-refractivity contribution in [2.45, 2.75) is 25.7 Å². The third-order valence-corrected chi connectivity index (χ3v) is 3.26. The highest BCUT2D eigenvalue weighted by atomic mass is 16.1. The van der Waals surface area contributed by atoms with Gasteiger partial charge in [0.15, 0.2) is 5.78 Å². The van der Waals surface area contributed by atoms with Gasteiger partial charge in [-0.05, 0) is 30.4 Å². The highest BCUT2D eigenvalue weighted by Crippen LogP contribution is 2.41. The van der Waals surface area contributed by atoms with Gasteiger partial charge in [-0.1, -0.05) is 29.8 Å². The van der Waals surface area contributed by atoms with Gasteiger partial charge in [0.05, 0.1) is 0 Å². The molecule has 0 atom stereocenters. The molecule has 0 bridgehead atoms. The lowest BCUT2D eigenvalue weighted by molar-refractivity contribution is 0.0990. The van der Waals surface area contributed by atoms with E-state index >= 15 is 0 Å². The van der Waals surface area contributed by atoms with Gasteiger partial charge in [0, 0.05) is 12.0 Å². The Labute approximate surface area is 83.4 Å². The summed E-state index contributed by atoms with van der Waals surface area (Å²) in [7, 11) is 0. The van der Waals surface area contributed by atoms with E-state index in [1.54, 1.807) is 0 Å². The largest absolute Gasteiger partial charge is 0.294 e. The van der Waals surface area contributed by atoms with Crippen molar-refractivity contribution in [3.63, 3.8) is 0 Å². The van der Waals surface area contributed by atoms with Crippen molar-refractivity contribution in [2.75, 3.05) is 0 Å². The molecule has 0 spiro atoms. The van der Waals surface area contributed by atoms with Crippen molar-refractivity contribution < 1.29 is 4.79 Å². The zero-order valence-electron chi connectivity index (χ0n) is 8.05. The molecule has 70 valence electrons. The van der Waals surface area contributed by atoms with Crippen molar-refractivity contribution in [3.8, 4) is 0 Å². The monoisotopic (exact) mass is 184 g/mol. The standard InChI is InChI=1S/C13H12O/c14-13-8-9-4-3-7-10(9)11-5-1-2-6-12(11)13/h1-2,5-6H,3-4,7-8H2. The maximum atomic E-state index is 11.8. The minimum absolute atomic E-state index is 0.307. The Bertz CT molecular complexity index is 440. The van der Waals surface area contributed by atoms with E-state index in [0.29, 0.717) is 12.2 Å². The van der Waals surface area contributed by atoms with Crippen LogP contribution in [0.4, 0.5) is 0 Å². The summed E-state index contributed by atoms with van der Waals surface area (Å²) < 4.78 is 0. The first-order valence-corrected chi connectivity index (χ1v) is 5.20. The molecule has 0 fully saturated rings. The molecule has 0 aliphatic heterocycles. The van der Waals surface area contributed by atoms with Crippen LogP contribution in [0.15, 0.2) is 29.8 Å². The number of fused-ring (bicyclic) bond motifs is 2. The zero-order chi connectivity index (χ0) is 9.54. The first-order valence-electron chi connectivity index (χ1n) is 5.20. The third kappa shape index (κ3) is 0.985. The molecule has 0 saturated carbocycles. The van der Waals surface area contributed by atoms with Crippen molar-refractivity contribution in [1.29, 1.82) is 0 Å². The smallest absolute Gasteiger partial charge is 0.167 e. The maximum Gasteiger partial charge on any atom is 0.167 e. The van der Waals surface area contributed by atoms with Gasteiger partial charge in [0.25, 0.3) is 0 Å². The Morgan fingerprint density at radius 2 is 1.79 bits per heavy atom. The Morgan fingerprint density at radius 1 is 1.00 bits per heavy atom. The van der Waals surface area contributed by atoms with Crippen LogP contribution < -0.4 is 0 Å². The van der Waals surface area contributed by atoms with E-state index in [0.717, 1.165) is 12.0 Å². The first-order chi connectivity index (χ1) is 6.86. The van der Waals surface area contributed by atoms with Crippen molar-refractivity contribution >= 4 is 11.4 Å². The summed E-state index contributed by atoms with van der Waals surface area (Å²) in [6, 6.07) is 8.03. The molecule has 0 amide bonds. The summed E-state index contributed by atoms with van der Waals surface area (Å²) in [6.07, 6.45) is 4.20. The van der Waals surface area contributed by atoms with E-state index in [2.05, 4.69) is 6.07 Å². The molecule has 2 aliphatic rings. The molecule has 1 aromatic rings. The summed E-state index contributed by atoms with van der Waals surface area (Å²) in [5.41, 5.74) is 5.00. The summed E-state index contributed by atoms with van der Waals surface area (Å²) in [5, 5.41) is 0. The normalized spacial score (nSPS) is 19.6. The van der Waals surface area contributed by atoms with E-state index in [-0.39, 0.29) is 0 Å². The number of allylic oxidation sites excluding steroid dienone is 2. The molecule has 1 heteroatoms. The van der Waals surface area contributed by atoms with Crippen molar-refractivity contribution in [3.05, 3.63) is 41.0 Å². The van der Waals surface area contributed by atoms with Crippen LogP contribution in [-0.4, -0.2) is 5.78 Å². The number of ketones is 1. The fourth-order valence-electron chi connectivity index (χ4n) is 2.60. The molecule has 0 N–H and O–H groups in total. The molecular formula is C13H12O. The fourth-order valence-corrected chi connectivity index (χ4v) is 2.60. The fraction of sp³-hybridized carbons (Fsp3) is 0.308. The average Bonchev–Trinajstić information content (AvgIpc) is 2.66. The second-order valence-electron chi connectivity index (χ2n) is 4.08. The van der Waals surface area contributed by atoms with Gasteiger partial charge in [0.1, 0.15) is 0 Å². The predicted molar refractivity (Wildman–Crippen MR) is 56.2 cm³/mol. The molecule has 1 nitrogen and oxygen atoms in total. The van der Waals surface area contributed by atoms with Crippen LogP contribution in [0.25, 0.3) is 5.57 Å². The number of carbonyl (C=O) groups excluding carboxylic acids is 1. The van der Waals surface area contributed by atoms with E-state index in [1.807, 2.05) is 18.2 Å². The van der Waals surface area contributed by atoms with E-state index < -0.39 is 0 Å². The molecule has 14 heavy (non-hydrogen) atoms. The van der Waals surface area contributed by atoms with E-state index in [9.17, 15) is 4.79 Å². The number of hydrogen-bond donors (Lipinski definition) is 0. The molecule has 0 unspecified atom stereocenters. The number of Topliss-reactive ketones (excluding diaryl/α,β-unsaturated/α-hetero) is 1. The minimum atomic E-state index is 0.307. The molecular weight excluding hydrogens is 172 g/mol. The molecule has 0 heterocycles. The first kappa shape index (κ1) is 7.98. The maximum absolute atomic E-state index is 11.8. The Morgan fingerprint density at radius 3 is 2.64 bits per heavy atom. The summed E-state index contributed by atoms with van der Waals surface area (Å²) in [5.74, 6) is 0.307. The average molecular weight is 184 g/mol. The van der Waals surface area contributed by atoms with Crippen LogP contribution in [0.2, 0.25) is 0 Å². The molecule has 3 rings (SSSR count). The highest BCUT2D eigenvalue weighted by molar-refractivity contribution is 6.06. The zero-order valence-corrected chi connectivity index (χ0v) is 8.05. The van der Waals surface area contributed by atoms with Crippen LogP contribution in [0.5, 0.6) is 0 Å². The molecule has 1 aromatic carbocycles. The molecule has 0 saturated heterocycles. The Balaban J connectivity index is 2.25. The quantitative estimate of drug-likeness (QED) is 0.605. The highest BCUT2D eigenvalue weighted by Gasteiger charge is 2.26. The van der Waals surface area contributed by atoms with Gasteiger partial charge >= 0.3 is 0 Å². The van der Waals surface area contributed by atoms with Gasteiger partial charge < -0.3 is 0 Å². The van der Waals surface area contributed by atoms with Gasteiger partial charge in [-0.2, -0.15) is 0 Å². The second-order valence-corrected chi connectivity index (χ2v) is 4.08. The Kier molecular flexibility index (Phi) is 1.60.